The number of rotatable bonds is 7. The number of nitrogens with zero attached hydrogens (tertiary/aromatic N) is 1. The molecule has 0 spiro atoms. The lowest BCUT2D eigenvalue weighted by atomic mass is 9.87. The van der Waals surface area contributed by atoms with E-state index < -0.39 is 33.7 Å². The molecule has 1 aromatic carbocycles. The summed E-state index contributed by atoms with van der Waals surface area (Å²) in [6.07, 6.45) is -1.33. The number of alkyl halides is 3. The molecule has 1 N–H and O–H groups in total. The lowest BCUT2D eigenvalue weighted by Crippen LogP contribution is -2.36. The Hall–Kier alpha value is -2.46. The average Bonchev–Trinajstić information content (AvgIpc) is 3.60. The zero-order chi connectivity index (χ0) is 24.5. The number of carbonyl (C=O) groups excluding carboxylic acids is 1. The van der Waals surface area contributed by atoms with Gasteiger partial charge in [0.15, 0.2) is 9.84 Å². The van der Waals surface area contributed by atoms with Crippen molar-refractivity contribution in [3.05, 3.63) is 58.9 Å². The van der Waals surface area contributed by atoms with Gasteiger partial charge in [0.1, 0.15) is 5.69 Å². The van der Waals surface area contributed by atoms with Gasteiger partial charge in [-0.1, -0.05) is 12.1 Å². The van der Waals surface area contributed by atoms with Gasteiger partial charge in [0.2, 0.25) is 0 Å². The maximum absolute atomic E-state index is 13.0. The molecule has 1 aliphatic carbocycles. The minimum Gasteiger partial charge on any atom is -0.381 e. The van der Waals surface area contributed by atoms with Crippen LogP contribution < -0.4 is 5.32 Å². The topological polar surface area (TPSA) is 85.4 Å². The van der Waals surface area contributed by atoms with Gasteiger partial charge in [0, 0.05) is 13.2 Å². The Kier molecular flexibility index (Phi) is 7.00. The predicted octanol–water partition coefficient (Wildman–Crippen LogP) is 4.49. The van der Waals surface area contributed by atoms with Gasteiger partial charge in [-0.3, -0.25) is 4.79 Å². The SMILES string of the molecule is Cc1nc(C(F)(F)F)ccc1C(=O)NC(c1ccc(S(=O)(=O)CC2CC2)cc1)C1CCOCC1. The Bertz CT molecular complexity index is 1140. The fraction of sp³-hybridized carbons (Fsp3) is 0.500. The normalized spacial score (nSPS) is 18.5. The summed E-state index contributed by atoms with van der Waals surface area (Å²) in [5.74, 6) is -0.110. The molecule has 0 bridgehead atoms. The van der Waals surface area contributed by atoms with Crippen LogP contribution in [-0.2, 0) is 20.8 Å². The maximum Gasteiger partial charge on any atom is 0.433 e. The minimum atomic E-state index is -4.59. The summed E-state index contributed by atoms with van der Waals surface area (Å²) in [5.41, 5.74) is -0.262. The van der Waals surface area contributed by atoms with Gasteiger partial charge in [-0.25, -0.2) is 13.4 Å². The highest BCUT2D eigenvalue weighted by atomic mass is 32.2. The van der Waals surface area contributed by atoms with Crippen LogP contribution >= 0.6 is 0 Å². The Morgan fingerprint density at radius 2 is 1.74 bits per heavy atom. The number of carbonyl (C=O) groups is 1. The molecule has 2 aromatic rings. The third kappa shape index (κ3) is 5.78. The Morgan fingerprint density at radius 3 is 2.29 bits per heavy atom. The molecule has 2 aliphatic rings. The summed E-state index contributed by atoms with van der Waals surface area (Å²) in [7, 11) is -3.36. The van der Waals surface area contributed by atoms with Crippen molar-refractivity contribution < 1.29 is 31.1 Å². The number of benzene rings is 1. The van der Waals surface area contributed by atoms with Crippen LogP contribution in [0.4, 0.5) is 13.2 Å². The summed E-state index contributed by atoms with van der Waals surface area (Å²) >= 11 is 0. The largest absolute Gasteiger partial charge is 0.433 e. The molecule has 0 radical (unpaired) electrons. The van der Waals surface area contributed by atoms with Crippen molar-refractivity contribution in [2.24, 2.45) is 11.8 Å². The van der Waals surface area contributed by atoms with E-state index in [4.69, 9.17) is 4.74 Å². The molecule has 1 saturated heterocycles. The Balaban J connectivity index is 1.57. The molecule has 1 amide bonds. The van der Waals surface area contributed by atoms with E-state index in [9.17, 15) is 26.4 Å². The van der Waals surface area contributed by atoms with Gasteiger partial charge in [-0.15, -0.1) is 0 Å². The Labute approximate surface area is 196 Å². The molecule has 6 nitrogen and oxygen atoms in total. The molecule has 1 unspecified atom stereocenters. The molecule has 2 heterocycles. The predicted molar refractivity (Wildman–Crippen MR) is 119 cm³/mol. The van der Waals surface area contributed by atoms with Gasteiger partial charge >= 0.3 is 6.18 Å². The third-order valence-electron chi connectivity index (χ3n) is 6.40. The smallest absolute Gasteiger partial charge is 0.381 e. The van der Waals surface area contributed by atoms with Crippen molar-refractivity contribution in [2.75, 3.05) is 19.0 Å². The maximum atomic E-state index is 13.0. The monoisotopic (exact) mass is 496 g/mol. The summed E-state index contributed by atoms with van der Waals surface area (Å²) in [6, 6.07) is 8.03. The van der Waals surface area contributed by atoms with Gasteiger partial charge < -0.3 is 10.1 Å². The number of hydrogen-bond donors (Lipinski definition) is 1. The minimum absolute atomic E-state index is 0.0143. The van der Waals surface area contributed by atoms with Crippen LogP contribution in [0.2, 0.25) is 0 Å². The molecular weight excluding hydrogens is 469 g/mol. The average molecular weight is 497 g/mol. The fourth-order valence-corrected chi connectivity index (χ4v) is 5.97. The molecule has 184 valence electrons. The van der Waals surface area contributed by atoms with E-state index in [1.165, 1.54) is 6.92 Å². The van der Waals surface area contributed by atoms with E-state index in [-0.39, 0.29) is 33.7 Å². The molecule has 2 fully saturated rings. The number of halogens is 3. The van der Waals surface area contributed by atoms with E-state index in [1.54, 1.807) is 24.3 Å². The van der Waals surface area contributed by atoms with Crippen LogP contribution in [0.3, 0.4) is 0 Å². The van der Waals surface area contributed by atoms with Gasteiger partial charge in [0.05, 0.1) is 27.9 Å². The van der Waals surface area contributed by atoms with Gasteiger partial charge in [-0.2, -0.15) is 13.2 Å². The van der Waals surface area contributed by atoms with Crippen molar-refractivity contribution in [2.45, 2.75) is 49.7 Å². The van der Waals surface area contributed by atoms with Crippen LogP contribution in [0, 0.1) is 18.8 Å². The van der Waals surface area contributed by atoms with Crippen LogP contribution in [0.1, 0.15) is 59.0 Å². The van der Waals surface area contributed by atoms with E-state index >= 15 is 0 Å². The summed E-state index contributed by atoms with van der Waals surface area (Å²) in [6.45, 7) is 2.44. The van der Waals surface area contributed by atoms with Crippen molar-refractivity contribution in [1.29, 1.82) is 0 Å². The first-order chi connectivity index (χ1) is 16.0. The number of aromatic nitrogens is 1. The molecule has 1 atom stereocenters. The highest BCUT2D eigenvalue weighted by Crippen LogP contribution is 2.34. The lowest BCUT2D eigenvalue weighted by Gasteiger charge is -2.31. The second kappa shape index (κ2) is 9.65. The summed E-state index contributed by atoms with van der Waals surface area (Å²) < 4.78 is 69.5. The number of sulfone groups is 1. The van der Waals surface area contributed by atoms with Crippen molar-refractivity contribution in [3.63, 3.8) is 0 Å². The van der Waals surface area contributed by atoms with Crippen LogP contribution in [0.25, 0.3) is 0 Å². The molecule has 1 aliphatic heterocycles. The zero-order valence-electron chi connectivity index (χ0n) is 18.8. The van der Waals surface area contributed by atoms with E-state index in [1.807, 2.05) is 0 Å². The second-order valence-electron chi connectivity index (χ2n) is 9.02. The van der Waals surface area contributed by atoms with Crippen molar-refractivity contribution in [3.8, 4) is 0 Å². The van der Waals surface area contributed by atoms with Gasteiger partial charge in [-0.05, 0) is 74.3 Å². The number of pyridine rings is 1. The number of hydrogen-bond acceptors (Lipinski definition) is 5. The summed E-state index contributed by atoms with van der Waals surface area (Å²) in [4.78, 5) is 16.9. The van der Waals surface area contributed by atoms with Crippen molar-refractivity contribution >= 4 is 15.7 Å². The standard InChI is InChI=1S/C24H27F3N2O4S/c1-15-20(8-9-21(28-15)24(25,26)27)23(30)29-22(18-10-12-33-13-11-18)17-4-6-19(7-5-17)34(31,32)14-16-2-3-16/h4-9,16,18,22H,2-3,10-14H2,1H3,(H,29,30). The van der Waals surface area contributed by atoms with Crippen molar-refractivity contribution in [1.82, 2.24) is 10.3 Å². The fourth-order valence-electron chi connectivity index (χ4n) is 4.27. The van der Waals surface area contributed by atoms with Crippen LogP contribution in [0.5, 0.6) is 0 Å². The first-order valence-electron chi connectivity index (χ1n) is 11.3. The second-order valence-corrected chi connectivity index (χ2v) is 11.1. The van der Waals surface area contributed by atoms with Crippen LogP contribution in [0.15, 0.2) is 41.3 Å². The number of nitrogens with one attached hydrogen (secondary N) is 1. The molecule has 1 saturated carbocycles. The number of ether oxygens (including phenoxy) is 1. The number of amides is 1. The summed E-state index contributed by atoms with van der Waals surface area (Å²) in [5, 5.41) is 2.95. The van der Waals surface area contributed by atoms with E-state index in [2.05, 4.69) is 10.3 Å². The van der Waals surface area contributed by atoms with E-state index in [0.29, 0.717) is 26.1 Å². The molecular formula is C24H27F3N2O4S. The zero-order valence-corrected chi connectivity index (χ0v) is 19.6. The lowest BCUT2D eigenvalue weighted by molar-refractivity contribution is -0.141. The highest BCUT2D eigenvalue weighted by molar-refractivity contribution is 7.91. The van der Waals surface area contributed by atoms with Gasteiger partial charge in [0.25, 0.3) is 5.91 Å². The number of aryl methyl sites for hydroxylation is 1. The molecule has 1 aromatic heterocycles. The molecule has 4 rings (SSSR count). The molecule has 10 heteroatoms. The molecule has 34 heavy (non-hydrogen) atoms. The quantitative estimate of drug-likeness (QED) is 0.611. The highest BCUT2D eigenvalue weighted by Gasteiger charge is 2.34. The third-order valence-corrected chi connectivity index (χ3v) is 8.30. The van der Waals surface area contributed by atoms with Crippen LogP contribution in [-0.4, -0.2) is 38.3 Å². The first kappa shape index (κ1) is 24.7. The first-order valence-corrected chi connectivity index (χ1v) is 13.0. The van der Waals surface area contributed by atoms with E-state index in [0.717, 1.165) is 30.5 Å². The Morgan fingerprint density at radius 1 is 1.09 bits per heavy atom.